The highest BCUT2D eigenvalue weighted by atomic mass is 79.9. The molecule has 1 rings (SSSR count). The Hall–Kier alpha value is -0.000000000000000111. The third-order valence-electron chi connectivity index (χ3n) is 1.72. The lowest BCUT2D eigenvalue weighted by Crippen LogP contribution is -2.27. The van der Waals surface area contributed by atoms with Gasteiger partial charge in [0.15, 0.2) is 0 Å². The summed E-state index contributed by atoms with van der Waals surface area (Å²) < 4.78 is 0.373. The van der Waals surface area contributed by atoms with E-state index in [2.05, 4.69) is 15.9 Å². The quantitative estimate of drug-likeness (QED) is 0.922. The van der Waals surface area contributed by atoms with Gasteiger partial charge in [0.2, 0.25) is 0 Å². The van der Waals surface area contributed by atoms with E-state index < -0.39 is 10.7 Å². The van der Waals surface area contributed by atoms with E-state index in [0.29, 0.717) is 0 Å². The predicted molar refractivity (Wildman–Crippen MR) is 65.0 cm³/mol. The van der Waals surface area contributed by atoms with Crippen molar-refractivity contribution in [3.05, 3.63) is 20.8 Å². The first-order valence-electron chi connectivity index (χ1n) is 4.03. The number of carbonyl (C=O) groups is 1. The van der Waals surface area contributed by atoms with Crippen molar-refractivity contribution in [2.24, 2.45) is 0 Å². The van der Waals surface area contributed by atoms with E-state index in [4.69, 9.17) is 5.11 Å². The molecule has 0 atom stereocenters. The minimum absolute atomic E-state index is 0.712. The maximum Gasteiger partial charge on any atom is 0.319 e. The van der Waals surface area contributed by atoms with E-state index in [9.17, 15) is 4.79 Å². The smallest absolute Gasteiger partial charge is 0.319 e. The number of hydrogen-bond acceptors (Lipinski definition) is 3. The zero-order valence-electron chi connectivity index (χ0n) is 7.91. The normalized spacial score (nSPS) is 11.6. The molecule has 0 aromatic carbocycles. The molecule has 14 heavy (non-hydrogen) atoms. The second kappa shape index (κ2) is 4.68. The third-order valence-corrected chi connectivity index (χ3v) is 4.88. The monoisotopic (exact) mass is 294 g/mol. The molecule has 2 nitrogen and oxygen atoms in total. The standard InChI is InChI=1S/C9H11BrO2S2/c1-9(2,8(11)12)13-5-6-3-4-7(10)14-6/h3-4H,5H2,1-2H3,(H,11,12). The van der Waals surface area contributed by atoms with Gasteiger partial charge >= 0.3 is 5.97 Å². The molecule has 0 aliphatic carbocycles. The van der Waals surface area contributed by atoms with E-state index in [1.807, 2.05) is 12.1 Å². The fraction of sp³-hybridized carbons (Fsp3) is 0.444. The van der Waals surface area contributed by atoms with Gasteiger partial charge in [0.1, 0.15) is 4.75 Å². The highest BCUT2D eigenvalue weighted by molar-refractivity contribution is 9.11. The lowest BCUT2D eigenvalue weighted by Gasteiger charge is -2.17. The summed E-state index contributed by atoms with van der Waals surface area (Å²) in [7, 11) is 0. The summed E-state index contributed by atoms with van der Waals surface area (Å²) in [6.45, 7) is 3.45. The SMILES string of the molecule is CC(C)(SCc1ccc(Br)s1)C(=O)O. The molecule has 5 heteroatoms. The Kier molecular flexibility index (Phi) is 4.04. The molecule has 0 aliphatic heterocycles. The maximum absolute atomic E-state index is 10.8. The maximum atomic E-state index is 10.8. The van der Waals surface area contributed by atoms with Crippen LogP contribution < -0.4 is 0 Å². The summed E-state index contributed by atoms with van der Waals surface area (Å²) in [5.41, 5.74) is 0. The van der Waals surface area contributed by atoms with Crippen molar-refractivity contribution in [1.29, 1.82) is 0 Å². The molecule has 0 radical (unpaired) electrons. The fourth-order valence-electron chi connectivity index (χ4n) is 0.743. The molecule has 0 bridgehead atoms. The molecule has 1 heterocycles. The van der Waals surface area contributed by atoms with Gasteiger partial charge in [-0.3, -0.25) is 4.79 Å². The largest absolute Gasteiger partial charge is 0.480 e. The summed E-state index contributed by atoms with van der Waals surface area (Å²) in [6, 6.07) is 3.99. The van der Waals surface area contributed by atoms with Gasteiger partial charge in [0, 0.05) is 10.6 Å². The van der Waals surface area contributed by atoms with Crippen LogP contribution in [0.15, 0.2) is 15.9 Å². The van der Waals surface area contributed by atoms with Crippen LogP contribution in [0.4, 0.5) is 0 Å². The van der Waals surface area contributed by atoms with Crippen molar-refractivity contribution in [2.45, 2.75) is 24.3 Å². The second-order valence-electron chi connectivity index (χ2n) is 3.31. The average molecular weight is 295 g/mol. The van der Waals surface area contributed by atoms with Gasteiger partial charge in [-0.25, -0.2) is 0 Å². The Morgan fingerprint density at radius 2 is 2.29 bits per heavy atom. The number of hydrogen-bond donors (Lipinski definition) is 1. The molecule has 0 fully saturated rings. The minimum Gasteiger partial charge on any atom is -0.480 e. The zero-order valence-corrected chi connectivity index (χ0v) is 11.1. The molecule has 1 aromatic heterocycles. The molecule has 1 aromatic rings. The number of aliphatic carboxylic acids is 1. The van der Waals surface area contributed by atoms with Crippen molar-refractivity contribution in [1.82, 2.24) is 0 Å². The van der Waals surface area contributed by atoms with E-state index >= 15 is 0 Å². The van der Waals surface area contributed by atoms with E-state index in [-0.39, 0.29) is 0 Å². The zero-order chi connectivity index (χ0) is 10.8. The van der Waals surface area contributed by atoms with Gasteiger partial charge in [-0.05, 0) is 41.9 Å². The Morgan fingerprint density at radius 3 is 2.71 bits per heavy atom. The van der Waals surface area contributed by atoms with E-state index in [0.717, 1.165) is 9.54 Å². The van der Waals surface area contributed by atoms with Crippen molar-refractivity contribution in [3.63, 3.8) is 0 Å². The van der Waals surface area contributed by atoms with Crippen molar-refractivity contribution >= 4 is 45.0 Å². The van der Waals surface area contributed by atoms with Crippen LogP contribution in [0, 0.1) is 0 Å². The van der Waals surface area contributed by atoms with Crippen molar-refractivity contribution in [3.8, 4) is 0 Å². The van der Waals surface area contributed by atoms with E-state index in [1.165, 1.54) is 16.6 Å². The van der Waals surface area contributed by atoms with Gasteiger partial charge in [0.05, 0.1) is 3.79 Å². The summed E-state index contributed by atoms with van der Waals surface area (Å²) in [4.78, 5) is 12.0. The Bertz CT molecular complexity index is 333. The van der Waals surface area contributed by atoms with Gasteiger partial charge in [-0.15, -0.1) is 23.1 Å². The molecular weight excluding hydrogens is 284 g/mol. The Balaban J connectivity index is 2.52. The highest BCUT2D eigenvalue weighted by Gasteiger charge is 2.27. The lowest BCUT2D eigenvalue weighted by atomic mass is 10.2. The van der Waals surface area contributed by atoms with Crippen molar-refractivity contribution < 1.29 is 9.90 Å². The lowest BCUT2D eigenvalue weighted by molar-refractivity contribution is -0.138. The molecule has 0 aliphatic rings. The molecular formula is C9H11BrO2S2. The average Bonchev–Trinajstić information content (AvgIpc) is 2.48. The van der Waals surface area contributed by atoms with Gasteiger partial charge in [-0.1, -0.05) is 0 Å². The number of thioether (sulfide) groups is 1. The van der Waals surface area contributed by atoms with Crippen LogP contribution in [-0.4, -0.2) is 15.8 Å². The minimum atomic E-state index is -0.766. The molecule has 0 saturated heterocycles. The summed E-state index contributed by atoms with van der Waals surface area (Å²) >= 11 is 6.46. The molecule has 0 saturated carbocycles. The molecule has 0 amide bonds. The first kappa shape index (κ1) is 12.1. The second-order valence-corrected chi connectivity index (χ2v) is 7.46. The van der Waals surface area contributed by atoms with Crippen LogP contribution in [-0.2, 0) is 10.5 Å². The third kappa shape index (κ3) is 3.29. The van der Waals surface area contributed by atoms with Crippen molar-refractivity contribution in [2.75, 3.05) is 0 Å². The highest BCUT2D eigenvalue weighted by Crippen LogP contribution is 2.32. The van der Waals surface area contributed by atoms with Crippen LogP contribution >= 0.6 is 39.0 Å². The van der Waals surface area contributed by atoms with Gasteiger partial charge in [-0.2, -0.15) is 0 Å². The number of carboxylic acid groups (broad SMARTS) is 1. The molecule has 78 valence electrons. The predicted octanol–water partition coefficient (Wildman–Crippen LogP) is 3.61. The molecule has 1 N–H and O–H groups in total. The van der Waals surface area contributed by atoms with Crippen LogP contribution in [0.3, 0.4) is 0 Å². The number of rotatable bonds is 4. The molecule has 0 spiro atoms. The molecule has 0 unspecified atom stereocenters. The number of halogens is 1. The number of carboxylic acids is 1. The Labute approximate surface area is 99.8 Å². The van der Waals surface area contributed by atoms with Crippen LogP contribution in [0.25, 0.3) is 0 Å². The summed E-state index contributed by atoms with van der Waals surface area (Å²) in [6.07, 6.45) is 0. The van der Waals surface area contributed by atoms with Crippen LogP contribution in [0.5, 0.6) is 0 Å². The fourth-order valence-corrected chi connectivity index (χ4v) is 3.16. The van der Waals surface area contributed by atoms with Gasteiger partial charge in [0.25, 0.3) is 0 Å². The van der Waals surface area contributed by atoms with Gasteiger partial charge < -0.3 is 5.11 Å². The first-order chi connectivity index (χ1) is 6.42. The number of thiophene rings is 1. The summed E-state index contributed by atoms with van der Waals surface area (Å²) in [5, 5.41) is 8.90. The first-order valence-corrected chi connectivity index (χ1v) is 6.63. The summed E-state index contributed by atoms with van der Waals surface area (Å²) in [5.74, 6) is -0.0200. The van der Waals surface area contributed by atoms with Crippen LogP contribution in [0.2, 0.25) is 0 Å². The topological polar surface area (TPSA) is 37.3 Å². The Morgan fingerprint density at radius 1 is 1.64 bits per heavy atom. The van der Waals surface area contributed by atoms with Crippen LogP contribution in [0.1, 0.15) is 18.7 Å². The van der Waals surface area contributed by atoms with E-state index in [1.54, 1.807) is 25.2 Å².